The fraction of sp³-hybridized carbons (Fsp3) is 0.478. The van der Waals surface area contributed by atoms with E-state index >= 15 is 0 Å². The molecule has 0 aliphatic heterocycles. The van der Waals surface area contributed by atoms with Crippen LogP contribution in [0.3, 0.4) is 0 Å². The van der Waals surface area contributed by atoms with Crippen molar-refractivity contribution in [3.05, 3.63) is 53.9 Å². The van der Waals surface area contributed by atoms with Crippen molar-refractivity contribution in [1.29, 1.82) is 0 Å². The molecule has 1 aromatic heterocycles. The van der Waals surface area contributed by atoms with Crippen molar-refractivity contribution in [2.24, 2.45) is 4.99 Å². The standard InChI is InChI=1S/C23H32N4O3/c1-3-25-23(27-16-21(28)17-10-12-24-13-11-17)26-15-18-8-9-20(29-2)14-22(18)30-19-6-4-5-7-19/h8-14,19,21,28H,3-7,15-16H2,1-2H3,(H2,25,26,27). The number of aliphatic hydroxyl groups is 1. The van der Waals surface area contributed by atoms with E-state index in [0.29, 0.717) is 19.0 Å². The molecule has 1 heterocycles. The molecule has 1 unspecified atom stereocenters. The largest absolute Gasteiger partial charge is 0.497 e. The normalized spacial score (nSPS) is 15.6. The number of aliphatic imine (C=N–C) groups is 1. The molecule has 3 N–H and O–H groups in total. The number of aromatic nitrogens is 1. The van der Waals surface area contributed by atoms with E-state index in [1.54, 1.807) is 31.6 Å². The van der Waals surface area contributed by atoms with Gasteiger partial charge in [0.15, 0.2) is 5.96 Å². The van der Waals surface area contributed by atoms with Crippen LogP contribution in [0.2, 0.25) is 0 Å². The monoisotopic (exact) mass is 412 g/mol. The molecule has 1 aromatic carbocycles. The Bertz CT molecular complexity index is 807. The minimum atomic E-state index is -0.640. The third kappa shape index (κ3) is 6.35. The lowest BCUT2D eigenvalue weighted by atomic mass is 10.1. The lowest BCUT2D eigenvalue weighted by molar-refractivity contribution is 0.180. The molecule has 1 saturated carbocycles. The summed E-state index contributed by atoms with van der Waals surface area (Å²) >= 11 is 0. The number of ether oxygens (including phenoxy) is 2. The number of nitrogens with one attached hydrogen (secondary N) is 2. The first-order chi connectivity index (χ1) is 14.7. The SMILES string of the molecule is CCNC(=NCc1ccc(OC)cc1OC1CCCC1)NCC(O)c1ccncc1. The molecule has 3 rings (SSSR count). The molecule has 1 atom stereocenters. The van der Waals surface area contributed by atoms with E-state index in [4.69, 9.17) is 14.5 Å². The van der Waals surface area contributed by atoms with Gasteiger partial charge in [0.05, 0.1) is 25.9 Å². The van der Waals surface area contributed by atoms with Gasteiger partial charge in [-0.1, -0.05) is 0 Å². The van der Waals surface area contributed by atoms with Gasteiger partial charge < -0.3 is 25.2 Å². The van der Waals surface area contributed by atoms with Crippen molar-refractivity contribution in [2.75, 3.05) is 20.2 Å². The highest BCUT2D eigenvalue weighted by atomic mass is 16.5. The van der Waals surface area contributed by atoms with E-state index in [0.717, 1.165) is 42.0 Å². The van der Waals surface area contributed by atoms with E-state index in [1.165, 1.54) is 12.8 Å². The summed E-state index contributed by atoms with van der Waals surface area (Å²) < 4.78 is 11.6. The Morgan fingerprint density at radius 3 is 2.67 bits per heavy atom. The molecule has 7 nitrogen and oxygen atoms in total. The molecule has 1 aliphatic rings. The molecule has 1 aliphatic carbocycles. The predicted molar refractivity (Wildman–Crippen MR) is 118 cm³/mol. The van der Waals surface area contributed by atoms with Crippen molar-refractivity contribution in [1.82, 2.24) is 15.6 Å². The molecule has 0 amide bonds. The zero-order valence-electron chi connectivity index (χ0n) is 17.8. The van der Waals surface area contributed by atoms with Crippen LogP contribution in [0.5, 0.6) is 11.5 Å². The summed E-state index contributed by atoms with van der Waals surface area (Å²) in [7, 11) is 1.66. The van der Waals surface area contributed by atoms with Gasteiger partial charge >= 0.3 is 0 Å². The van der Waals surface area contributed by atoms with Crippen LogP contribution in [-0.4, -0.2) is 42.4 Å². The van der Waals surface area contributed by atoms with Crippen LogP contribution in [0.15, 0.2) is 47.7 Å². The summed E-state index contributed by atoms with van der Waals surface area (Å²) in [5.74, 6) is 2.26. The summed E-state index contributed by atoms with van der Waals surface area (Å²) in [6.45, 7) is 3.56. The van der Waals surface area contributed by atoms with E-state index in [9.17, 15) is 5.11 Å². The number of pyridine rings is 1. The van der Waals surface area contributed by atoms with Gasteiger partial charge in [-0.15, -0.1) is 0 Å². The number of rotatable bonds is 9. The van der Waals surface area contributed by atoms with Gasteiger partial charge in [0, 0.05) is 37.1 Å². The van der Waals surface area contributed by atoms with Crippen LogP contribution < -0.4 is 20.1 Å². The lowest BCUT2D eigenvalue weighted by Gasteiger charge is -2.18. The first-order valence-electron chi connectivity index (χ1n) is 10.6. The number of benzene rings is 1. The minimum Gasteiger partial charge on any atom is -0.497 e. The quantitative estimate of drug-likeness (QED) is 0.433. The number of methoxy groups -OCH3 is 1. The van der Waals surface area contributed by atoms with E-state index < -0.39 is 6.10 Å². The van der Waals surface area contributed by atoms with Gasteiger partial charge in [-0.25, -0.2) is 4.99 Å². The first kappa shape index (κ1) is 21.9. The summed E-state index contributed by atoms with van der Waals surface area (Å²) in [6, 6.07) is 9.49. The van der Waals surface area contributed by atoms with Crippen LogP contribution in [0.25, 0.3) is 0 Å². The van der Waals surface area contributed by atoms with Gasteiger partial charge in [-0.3, -0.25) is 4.98 Å². The van der Waals surface area contributed by atoms with E-state index in [-0.39, 0.29) is 6.10 Å². The summed E-state index contributed by atoms with van der Waals surface area (Å²) in [6.07, 6.45) is 7.60. The third-order valence-electron chi connectivity index (χ3n) is 5.18. The molecule has 162 valence electrons. The second-order valence-electron chi connectivity index (χ2n) is 7.37. The van der Waals surface area contributed by atoms with E-state index in [2.05, 4.69) is 15.6 Å². The van der Waals surface area contributed by atoms with Crippen molar-refractivity contribution in [2.45, 2.75) is 51.4 Å². The second kappa shape index (κ2) is 11.4. The van der Waals surface area contributed by atoms with Gasteiger partial charge in [0.1, 0.15) is 11.5 Å². The molecule has 0 bridgehead atoms. The molecular weight excluding hydrogens is 380 g/mol. The molecule has 0 radical (unpaired) electrons. The Kier molecular flexibility index (Phi) is 8.32. The number of aliphatic hydroxyl groups excluding tert-OH is 1. The number of hydrogen-bond acceptors (Lipinski definition) is 5. The average Bonchev–Trinajstić information content (AvgIpc) is 3.29. The Morgan fingerprint density at radius 1 is 1.20 bits per heavy atom. The minimum absolute atomic E-state index is 0.265. The summed E-state index contributed by atoms with van der Waals surface area (Å²) in [4.78, 5) is 8.67. The van der Waals surface area contributed by atoms with Crippen molar-refractivity contribution in [3.8, 4) is 11.5 Å². The molecule has 1 fully saturated rings. The lowest BCUT2D eigenvalue weighted by Crippen LogP contribution is -2.39. The molecule has 0 saturated heterocycles. The number of guanidine groups is 1. The summed E-state index contributed by atoms with van der Waals surface area (Å²) in [5, 5.41) is 16.8. The maximum atomic E-state index is 10.4. The Labute approximate surface area is 178 Å². The zero-order chi connectivity index (χ0) is 21.2. The second-order valence-corrected chi connectivity index (χ2v) is 7.37. The molecule has 30 heavy (non-hydrogen) atoms. The Morgan fingerprint density at radius 2 is 1.97 bits per heavy atom. The highest BCUT2D eigenvalue weighted by Gasteiger charge is 2.18. The van der Waals surface area contributed by atoms with Crippen LogP contribution in [0.1, 0.15) is 49.8 Å². The van der Waals surface area contributed by atoms with Crippen LogP contribution in [0.4, 0.5) is 0 Å². The number of hydrogen-bond donors (Lipinski definition) is 3. The first-order valence-corrected chi connectivity index (χ1v) is 10.6. The van der Waals surface area contributed by atoms with Crippen molar-refractivity contribution < 1.29 is 14.6 Å². The number of nitrogens with zero attached hydrogens (tertiary/aromatic N) is 2. The van der Waals surface area contributed by atoms with Crippen LogP contribution in [0, 0.1) is 0 Å². The average molecular weight is 413 g/mol. The maximum absolute atomic E-state index is 10.4. The molecule has 2 aromatic rings. The Balaban J connectivity index is 1.67. The summed E-state index contributed by atoms with van der Waals surface area (Å²) in [5.41, 5.74) is 1.82. The highest BCUT2D eigenvalue weighted by Crippen LogP contribution is 2.30. The predicted octanol–water partition coefficient (Wildman–Crippen LogP) is 3.20. The van der Waals surface area contributed by atoms with Crippen LogP contribution >= 0.6 is 0 Å². The highest BCUT2D eigenvalue weighted by molar-refractivity contribution is 5.79. The topological polar surface area (TPSA) is 88.0 Å². The third-order valence-corrected chi connectivity index (χ3v) is 5.18. The molecule has 7 heteroatoms. The van der Waals surface area contributed by atoms with Crippen molar-refractivity contribution >= 4 is 5.96 Å². The smallest absolute Gasteiger partial charge is 0.191 e. The van der Waals surface area contributed by atoms with E-state index in [1.807, 2.05) is 25.1 Å². The molecular formula is C23H32N4O3. The zero-order valence-corrected chi connectivity index (χ0v) is 17.8. The maximum Gasteiger partial charge on any atom is 0.191 e. The van der Waals surface area contributed by atoms with Crippen LogP contribution in [-0.2, 0) is 6.54 Å². The molecule has 0 spiro atoms. The van der Waals surface area contributed by atoms with Gasteiger partial charge in [-0.2, -0.15) is 0 Å². The van der Waals surface area contributed by atoms with Gasteiger partial charge in [0.25, 0.3) is 0 Å². The fourth-order valence-electron chi connectivity index (χ4n) is 3.49. The van der Waals surface area contributed by atoms with Gasteiger partial charge in [0.2, 0.25) is 0 Å². The van der Waals surface area contributed by atoms with Gasteiger partial charge in [-0.05, 0) is 62.4 Å². The fourth-order valence-corrected chi connectivity index (χ4v) is 3.49. The van der Waals surface area contributed by atoms with Crippen molar-refractivity contribution in [3.63, 3.8) is 0 Å². The Hall–Kier alpha value is -2.80.